The number of H-pyrrole nitrogens is 1. The highest BCUT2D eigenvalue weighted by atomic mass is 19.1. The lowest BCUT2D eigenvalue weighted by atomic mass is 10.0. The minimum atomic E-state index is -0.560. The van der Waals surface area contributed by atoms with Gasteiger partial charge in [-0.3, -0.25) is 9.89 Å². The number of carbonyl (C=O) groups excluding carboxylic acids is 1. The number of hydrogen-bond donors (Lipinski definition) is 2. The van der Waals surface area contributed by atoms with E-state index in [0.717, 1.165) is 22.0 Å². The Morgan fingerprint density at radius 1 is 1.28 bits per heavy atom. The number of likely N-dealkylation sites (tertiary alicyclic amines) is 1. The summed E-state index contributed by atoms with van der Waals surface area (Å²) in [5.41, 5.74) is 2.67. The average molecular weight is 339 g/mol. The molecule has 4 rings (SSSR count). The lowest BCUT2D eigenvalue weighted by molar-refractivity contribution is -0.131. The van der Waals surface area contributed by atoms with Gasteiger partial charge in [-0.25, -0.2) is 4.39 Å². The van der Waals surface area contributed by atoms with E-state index < -0.39 is 6.10 Å². The van der Waals surface area contributed by atoms with E-state index in [1.165, 1.54) is 12.1 Å². The fourth-order valence-electron chi connectivity index (χ4n) is 3.47. The molecule has 0 bridgehead atoms. The Balaban J connectivity index is 1.55. The summed E-state index contributed by atoms with van der Waals surface area (Å²) in [5.74, 6) is -0.359. The molecule has 25 heavy (non-hydrogen) atoms. The molecule has 3 aromatic rings. The fourth-order valence-corrected chi connectivity index (χ4v) is 3.47. The maximum Gasteiger partial charge on any atom is 0.227 e. The van der Waals surface area contributed by atoms with Crippen molar-refractivity contribution >= 4 is 16.8 Å². The van der Waals surface area contributed by atoms with Crippen LogP contribution >= 0.6 is 0 Å². The molecule has 0 unspecified atom stereocenters. The highest BCUT2D eigenvalue weighted by Crippen LogP contribution is 2.33. The largest absolute Gasteiger partial charge is 0.391 e. The Hall–Kier alpha value is -2.73. The topological polar surface area (TPSA) is 69.2 Å². The lowest BCUT2D eigenvalue weighted by Crippen LogP contribution is -2.33. The number of nitrogens with one attached hydrogen (secondary N) is 1. The van der Waals surface area contributed by atoms with E-state index in [4.69, 9.17) is 0 Å². The number of aliphatic hydroxyl groups is 1. The zero-order valence-corrected chi connectivity index (χ0v) is 13.5. The van der Waals surface area contributed by atoms with Gasteiger partial charge in [0.1, 0.15) is 5.82 Å². The molecule has 2 heterocycles. The van der Waals surface area contributed by atoms with Crippen molar-refractivity contribution in [3.8, 4) is 0 Å². The van der Waals surface area contributed by atoms with Gasteiger partial charge in [-0.15, -0.1) is 0 Å². The van der Waals surface area contributed by atoms with Gasteiger partial charge in [-0.1, -0.05) is 18.2 Å². The number of amides is 1. The van der Waals surface area contributed by atoms with E-state index in [1.807, 2.05) is 18.2 Å². The van der Waals surface area contributed by atoms with Gasteiger partial charge >= 0.3 is 0 Å². The number of aromatic nitrogens is 2. The summed E-state index contributed by atoms with van der Waals surface area (Å²) in [5, 5.41) is 17.9. The first kappa shape index (κ1) is 15.8. The summed E-state index contributed by atoms with van der Waals surface area (Å²) >= 11 is 0. The number of aliphatic hydroxyl groups excluding tert-OH is 1. The number of hydrogen-bond acceptors (Lipinski definition) is 3. The minimum Gasteiger partial charge on any atom is -0.391 e. The van der Waals surface area contributed by atoms with Gasteiger partial charge in [0.2, 0.25) is 5.91 Å². The molecule has 6 heteroatoms. The average Bonchev–Trinajstić information content (AvgIpc) is 3.21. The Kier molecular flexibility index (Phi) is 3.97. The van der Waals surface area contributed by atoms with Gasteiger partial charge in [0.15, 0.2) is 0 Å². The van der Waals surface area contributed by atoms with Crippen molar-refractivity contribution in [3.05, 3.63) is 65.6 Å². The van der Waals surface area contributed by atoms with Gasteiger partial charge in [-0.05, 0) is 41.8 Å². The first-order chi connectivity index (χ1) is 12.1. The molecule has 0 radical (unpaired) electrons. The Morgan fingerprint density at radius 3 is 2.88 bits per heavy atom. The maximum absolute atomic E-state index is 13.2. The van der Waals surface area contributed by atoms with Crippen LogP contribution in [0, 0.1) is 5.82 Å². The van der Waals surface area contributed by atoms with Crippen molar-refractivity contribution in [1.82, 2.24) is 15.1 Å². The standard InChI is InChI=1S/C19H18FN3O2/c20-15-4-2-13(3-5-15)18-9-16(24)11-23(18)19(25)8-12-1-6-17-14(7-12)10-21-22-17/h1-7,10,16,18,24H,8-9,11H2,(H,21,22)/t16-,18+/m0/s1. The van der Waals surface area contributed by atoms with E-state index in [9.17, 15) is 14.3 Å². The summed E-state index contributed by atoms with van der Waals surface area (Å²) in [4.78, 5) is 14.5. The van der Waals surface area contributed by atoms with Crippen LogP contribution in [0.2, 0.25) is 0 Å². The second-order valence-corrected chi connectivity index (χ2v) is 6.47. The van der Waals surface area contributed by atoms with E-state index in [2.05, 4.69) is 10.2 Å². The van der Waals surface area contributed by atoms with Crippen LogP contribution in [0.5, 0.6) is 0 Å². The number of nitrogens with zero attached hydrogens (tertiary/aromatic N) is 2. The van der Waals surface area contributed by atoms with Crippen molar-refractivity contribution < 1.29 is 14.3 Å². The van der Waals surface area contributed by atoms with E-state index >= 15 is 0 Å². The van der Waals surface area contributed by atoms with Crippen LogP contribution in [0.4, 0.5) is 4.39 Å². The molecule has 2 atom stereocenters. The molecule has 1 saturated heterocycles. The van der Waals surface area contributed by atoms with Crippen molar-refractivity contribution in [2.75, 3.05) is 6.54 Å². The Bertz CT molecular complexity index is 906. The zero-order valence-electron chi connectivity index (χ0n) is 13.5. The molecule has 1 aromatic heterocycles. The third kappa shape index (κ3) is 3.13. The Morgan fingerprint density at radius 2 is 2.08 bits per heavy atom. The van der Waals surface area contributed by atoms with Crippen LogP contribution in [0.25, 0.3) is 10.9 Å². The molecule has 1 aliphatic heterocycles. The van der Waals surface area contributed by atoms with Gasteiger partial charge < -0.3 is 10.0 Å². The molecule has 5 nitrogen and oxygen atoms in total. The highest BCUT2D eigenvalue weighted by Gasteiger charge is 2.35. The Labute approximate surface area is 144 Å². The summed E-state index contributed by atoms with van der Waals surface area (Å²) < 4.78 is 13.2. The van der Waals surface area contributed by atoms with Crippen molar-refractivity contribution in [1.29, 1.82) is 0 Å². The normalized spacial score (nSPS) is 20.3. The summed E-state index contributed by atoms with van der Waals surface area (Å²) in [6, 6.07) is 11.6. The number of halogens is 1. The molecule has 128 valence electrons. The molecular formula is C19H18FN3O2. The van der Waals surface area contributed by atoms with Gasteiger partial charge in [0, 0.05) is 11.9 Å². The number of β-amino-alcohol motifs (C(OH)–C–C–N with tert-alkyl or cyclic N) is 1. The maximum atomic E-state index is 13.2. The number of benzene rings is 2. The van der Waals surface area contributed by atoms with Crippen LogP contribution in [-0.2, 0) is 11.2 Å². The minimum absolute atomic E-state index is 0.0475. The second kappa shape index (κ2) is 6.29. The molecule has 1 fully saturated rings. The number of rotatable bonds is 3. The van der Waals surface area contributed by atoms with Crippen molar-refractivity contribution in [3.63, 3.8) is 0 Å². The molecule has 2 aromatic carbocycles. The SMILES string of the molecule is O=C(Cc1ccc2[nH]ncc2c1)N1C[C@@H](O)C[C@@H]1c1ccc(F)cc1. The fraction of sp³-hybridized carbons (Fsp3) is 0.263. The zero-order chi connectivity index (χ0) is 17.4. The van der Waals surface area contributed by atoms with Gasteiger partial charge in [0.25, 0.3) is 0 Å². The first-order valence-corrected chi connectivity index (χ1v) is 8.25. The van der Waals surface area contributed by atoms with Crippen molar-refractivity contribution in [2.45, 2.75) is 25.0 Å². The van der Waals surface area contributed by atoms with E-state index in [0.29, 0.717) is 13.0 Å². The molecule has 0 saturated carbocycles. The number of carbonyl (C=O) groups is 1. The van der Waals surface area contributed by atoms with E-state index in [1.54, 1.807) is 23.2 Å². The summed E-state index contributed by atoms with van der Waals surface area (Å²) in [7, 11) is 0. The highest BCUT2D eigenvalue weighted by molar-refractivity contribution is 5.83. The number of fused-ring (bicyclic) bond motifs is 1. The molecule has 2 N–H and O–H groups in total. The van der Waals surface area contributed by atoms with Crippen LogP contribution in [-0.4, -0.2) is 38.8 Å². The third-order valence-corrected chi connectivity index (χ3v) is 4.71. The third-order valence-electron chi connectivity index (χ3n) is 4.71. The molecule has 0 spiro atoms. The summed E-state index contributed by atoms with van der Waals surface area (Å²) in [6.07, 6.45) is 1.89. The van der Waals surface area contributed by atoms with Crippen LogP contribution < -0.4 is 0 Å². The smallest absolute Gasteiger partial charge is 0.227 e. The first-order valence-electron chi connectivity index (χ1n) is 8.25. The van der Waals surface area contributed by atoms with Gasteiger partial charge in [0.05, 0.1) is 30.3 Å². The quantitative estimate of drug-likeness (QED) is 0.771. The molecular weight excluding hydrogens is 321 g/mol. The van der Waals surface area contributed by atoms with Crippen LogP contribution in [0.15, 0.2) is 48.7 Å². The summed E-state index contributed by atoms with van der Waals surface area (Å²) in [6.45, 7) is 0.300. The predicted octanol–water partition coefficient (Wildman–Crippen LogP) is 2.58. The number of aromatic amines is 1. The van der Waals surface area contributed by atoms with E-state index in [-0.39, 0.29) is 24.2 Å². The second-order valence-electron chi connectivity index (χ2n) is 6.47. The molecule has 1 aliphatic rings. The van der Waals surface area contributed by atoms with Crippen LogP contribution in [0.1, 0.15) is 23.6 Å². The monoisotopic (exact) mass is 339 g/mol. The predicted molar refractivity (Wildman–Crippen MR) is 91.3 cm³/mol. The van der Waals surface area contributed by atoms with Crippen molar-refractivity contribution in [2.24, 2.45) is 0 Å². The van der Waals surface area contributed by atoms with Crippen LogP contribution in [0.3, 0.4) is 0 Å². The molecule has 1 amide bonds. The lowest BCUT2D eigenvalue weighted by Gasteiger charge is -2.25. The molecule has 0 aliphatic carbocycles. The van der Waals surface area contributed by atoms with Gasteiger partial charge in [-0.2, -0.15) is 5.10 Å².